The summed E-state index contributed by atoms with van der Waals surface area (Å²) in [5.41, 5.74) is 0.316. The van der Waals surface area contributed by atoms with Gasteiger partial charge >= 0.3 is 0 Å². The first-order chi connectivity index (χ1) is 10.7. The van der Waals surface area contributed by atoms with Gasteiger partial charge in [-0.15, -0.1) is 0 Å². The van der Waals surface area contributed by atoms with Crippen molar-refractivity contribution < 1.29 is 14.3 Å². The number of ether oxygens (including phenoxy) is 2. The second kappa shape index (κ2) is 6.85. The highest BCUT2D eigenvalue weighted by atomic mass is 16.5. The van der Waals surface area contributed by atoms with E-state index in [1.54, 1.807) is 0 Å². The first-order valence-corrected chi connectivity index (χ1v) is 8.85. The van der Waals surface area contributed by atoms with Gasteiger partial charge in [-0.3, -0.25) is 9.69 Å². The van der Waals surface area contributed by atoms with Gasteiger partial charge in [-0.2, -0.15) is 0 Å². The molecule has 0 aromatic carbocycles. The first-order valence-electron chi connectivity index (χ1n) is 8.85. The van der Waals surface area contributed by atoms with E-state index in [1.165, 1.54) is 25.7 Å². The zero-order valence-corrected chi connectivity index (χ0v) is 14.1. The molecule has 2 atom stereocenters. The van der Waals surface area contributed by atoms with Crippen LogP contribution in [0.15, 0.2) is 0 Å². The van der Waals surface area contributed by atoms with E-state index in [2.05, 4.69) is 18.9 Å². The minimum Gasteiger partial charge on any atom is -0.378 e. The molecule has 1 saturated heterocycles. The Morgan fingerprint density at radius 1 is 1.32 bits per heavy atom. The molecular weight excluding hydrogens is 280 g/mol. The Labute approximate surface area is 133 Å². The molecule has 5 nitrogen and oxygen atoms in total. The van der Waals surface area contributed by atoms with Crippen LogP contribution in [0.1, 0.15) is 39.0 Å². The largest absolute Gasteiger partial charge is 0.378 e. The van der Waals surface area contributed by atoms with Gasteiger partial charge in [0.25, 0.3) is 0 Å². The summed E-state index contributed by atoms with van der Waals surface area (Å²) in [6, 6.07) is 0.511. The Kier molecular flexibility index (Phi) is 5.05. The number of rotatable bonds is 5. The van der Waals surface area contributed by atoms with Crippen molar-refractivity contribution in [3.63, 3.8) is 0 Å². The summed E-state index contributed by atoms with van der Waals surface area (Å²) in [6.45, 7) is 6.25. The lowest BCUT2D eigenvalue weighted by Crippen LogP contribution is -2.64. The third-order valence-corrected chi connectivity index (χ3v) is 5.93. The SMILES string of the molecule is CCOC1CC(N(C)CC(=O)N2CCOCC2)C12CCCC2. The number of hydrogen-bond donors (Lipinski definition) is 0. The minimum absolute atomic E-state index is 0.249. The molecule has 0 aromatic heterocycles. The summed E-state index contributed by atoms with van der Waals surface area (Å²) in [5, 5.41) is 0. The van der Waals surface area contributed by atoms with Crippen LogP contribution in [0.4, 0.5) is 0 Å². The standard InChI is InChI=1S/C17H30N2O3/c1-3-22-15-12-14(17(15)6-4-5-7-17)18(2)13-16(20)19-8-10-21-11-9-19/h14-15H,3-13H2,1-2H3. The molecule has 3 fully saturated rings. The van der Waals surface area contributed by atoms with E-state index in [-0.39, 0.29) is 5.91 Å². The number of amides is 1. The molecule has 5 heteroatoms. The van der Waals surface area contributed by atoms with E-state index in [1.807, 2.05) is 4.90 Å². The summed E-state index contributed by atoms with van der Waals surface area (Å²) in [4.78, 5) is 16.7. The minimum atomic E-state index is 0.249. The molecule has 1 heterocycles. The maximum Gasteiger partial charge on any atom is 0.236 e. The van der Waals surface area contributed by atoms with Crippen molar-refractivity contribution in [2.24, 2.45) is 5.41 Å². The zero-order valence-electron chi connectivity index (χ0n) is 14.1. The second-order valence-electron chi connectivity index (χ2n) is 7.04. The Balaban J connectivity index is 1.57. The lowest BCUT2D eigenvalue weighted by Gasteiger charge is -2.57. The number of nitrogens with zero attached hydrogens (tertiary/aromatic N) is 2. The highest BCUT2D eigenvalue weighted by Gasteiger charge is 2.58. The van der Waals surface area contributed by atoms with E-state index in [4.69, 9.17) is 9.47 Å². The van der Waals surface area contributed by atoms with Crippen molar-refractivity contribution in [1.29, 1.82) is 0 Å². The molecule has 3 aliphatic rings. The topological polar surface area (TPSA) is 42.0 Å². The molecule has 2 aliphatic carbocycles. The molecule has 0 N–H and O–H groups in total. The Morgan fingerprint density at radius 3 is 2.64 bits per heavy atom. The van der Waals surface area contributed by atoms with Crippen molar-refractivity contribution in [3.8, 4) is 0 Å². The van der Waals surface area contributed by atoms with Gasteiger partial charge in [0, 0.05) is 31.2 Å². The molecule has 1 aliphatic heterocycles. The molecule has 2 unspecified atom stereocenters. The van der Waals surface area contributed by atoms with Gasteiger partial charge in [-0.1, -0.05) is 12.8 Å². The fourth-order valence-electron chi connectivity index (χ4n) is 4.71. The number of morpholine rings is 1. The van der Waals surface area contributed by atoms with Crippen LogP contribution in [0, 0.1) is 5.41 Å². The maximum atomic E-state index is 12.5. The van der Waals surface area contributed by atoms with Crippen LogP contribution in [-0.2, 0) is 14.3 Å². The fourth-order valence-corrected chi connectivity index (χ4v) is 4.71. The number of likely N-dealkylation sites (N-methyl/N-ethyl adjacent to an activating group) is 1. The molecule has 22 heavy (non-hydrogen) atoms. The molecule has 3 rings (SSSR count). The van der Waals surface area contributed by atoms with Crippen molar-refractivity contribution in [2.75, 3.05) is 46.5 Å². The van der Waals surface area contributed by atoms with Crippen LogP contribution in [0.5, 0.6) is 0 Å². The smallest absolute Gasteiger partial charge is 0.236 e. The van der Waals surface area contributed by atoms with Crippen LogP contribution < -0.4 is 0 Å². The number of carbonyl (C=O) groups is 1. The van der Waals surface area contributed by atoms with Gasteiger partial charge in [0.1, 0.15) is 0 Å². The van der Waals surface area contributed by atoms with Crippen LogP contribution >= 0.6 is 0 Å². The predicted molar refractivity (Wildman–Crippen MR) is 84.7 cm³/mol. The molecule has 1 amide bonds. The van der Waals surface area contributed by atoms with Gasteiger partial charge in [-0.25, -0.2) is 0 Å². The molecule has 0 aromatic rings. The number of carbonyl (C=O) groups excluding carboxylic acids is 1. The van der Waals surface area contributed by atoms with E-state index in [9.17, 15) is 4.79 Å². The van der Waals surface area contributed by atoms with E-state index in [0.717, 1.165) is 26.1 Å². The average molecular weight is 310 g/mol. The van der Waals surface area contributed by atoms with Gasteiger partial charge in [0.05, 0.1) is 25.9 Å². The Hall–Kier alpha value is -0.650. The molecule has 2 saturated carbocycles. The average Bonchev–Trinajstić information content (AvgIpc) is 3.04. The van der Waals surface area contributed by atoms with Crippen LogP contribution in [0.25, 0.3) is 0 Å². The maximum absolute atomic E-state index is 12.5. The highest BCUT2D eigenvalue weighted by molar-refractivity contribution is 5.78. The van der Waals surface area contributed by atoms with Crippen molar-refractivity contribution in [3.05, 3.63) is 0 Å². The van der Waals surface area contributed by atoms with E-state index < -0.39 is 0 Å². The molecule has 0 radical (unpaired) electrons. The normalized spacial score (nSPS) is 30.8. The predicted octanol–water partition coefficient (Wildman–Crippen LogP) is 1.51. The molecular formula is C17H30N2O3. The van der Waals surface area contributed by atoms with Gasteiger partial charge in [0.2, 0.25) is 5.91 Å². The second-order valence-corrected chi connectivity index (χ2v) is 7.04. The number of hydrogen-bond acceptors (Lipinski definition) is 4. The fraction of sp³-hybridized carbons (Fsp3) is 0.941. The summed E-state index contributed by atoms with van der Waals surface area (Å²) in [6.07, 6.45) is 6.64. The highest BCUT2D eigenvalue weighted by Crippen LogP contribution is 2.56. The molecule has 0 bridgehead atoms. The summed E-state index contributed by atoms with van der Waals surface area (Å²) in [7, 11) is 2.12. The van der Waals surface area contributed by atoms with Gasteiger partial charge in [-0.05, 0) is 33.2 Å². The molecule has 1 spiro atoms. The van der Waals surface area contributed by atoms with E-state index in [0.29, 0.717) is 37.3 Å². The lowest BCUT2D eigenvalue weighted by atomic mass is 9.60. The van der Waals surface area contributed by atoms with Crippen LogP contribution in [0.2, 0.25) is 0 Å². The molecule has 126 valence electrons. The van der Waals surface area contributed by atoms with Crippen LogP contribution in [-0.4, -0.2) is 74.4 Å². The summed E-state index contributed by atoms with van der Waals surface area (Å²) in [5.74, 6) is 0.249. The summed E-state index contributed by atoms with van der Waals surface area (Å²) < 4.78 is 11.3. The van der Waals surface area contributed by atoms with Crippen LogP contribution in [0.3, 0.4) is 0 Å². The lowest BCUT2D eigenvalue weighted by molar-refractivity contribution is -0.166. The van der Waals surface area contributed by atoms with Gasteiger partial charge in [0.15, 0.2) is 0 Å². The monoisotopic (exact) mass is 310 g/mol. The van der Waals surface area contributed by atoms with E-state index >= 15 is 0 Å². The Bertz CT molecular complexity index is 389. The zero-order chi connectivity index (χ0) is 15.6. The third kappa shape index (κ3) is 2.91. The van der Waals surface area contributed by atoms with Crippen molar-refractivity contribution in [1.82, 2.24) is 9.80 Å². The quantitative estimate of drug-likeness (QED) is 0.772. The van der Waals surface area contributed by atoms with Gasteiger partial charge < -0.3 is 14.4 Å². The van der Waals surface area contributed by atoms with Crippen molar-refractivity contribution in [2.45, 2.75) is 51.2 Å². The first kappa shape index (κ1) is 16.2. The summed E-state index contributed by atoms with van der Waals surface area (Å²) >= 11 is 0. The Morgan fingerprint density at radius 2 is 2.00 bits per heavy atom. The van der Waals surface area contributed by atoms with Crippen molar-refractivity contribution >= 4 is 5.91 Å². The third-order valence-electron chi connectivity index (χ3n) is 5.93.